The first-order valence-corrected chi connectivity index (χ1v) is 4.30. The number of hydrogen-bond acceptors (Lipinski definition) is 2. The number of ether oxygens (including phenoxy) is 1. The van der Waals surface area contributed by atoms with E-state index >= 15 is 0 Å². The summed E-state index contributed by atoms with van der Waals surface area (Å²) in [7, 11) is 1.44. The van der Waals surface area contributed by atoms with Gasteiger partial charge in [-0.3, -0.25) is 4.79 Å². The van der Waals surface area contributed by atoms with Gasteiger partial charge >= 0.3 is 5.97 Å². The molecule has 1 unspecified atom stereocenters. The fourth-order valence-electron chi connectivity index (χ4n) is 1.65. The third-order valence-electron chi connectivity index (χ3n) is 2.26. The molecule has 1 aliphatic rings. The summed E-state index contributed by atoms with van der Waals surface area (Å²) in [4.78, 5) is 10.9. The van der Waals surface area contributed by atoms with E-state index in [1.165, 1.54) is 7.11 Å². The summed E-state index contributed by atoms with van der Waals surface area (Å²) in [6, 6.07) is 0. The molecule has 0 spiro atoms. The highest BCUT2D eigenvalue weighted by molar-refractivity contribution is 5.69. The molecule has 0 aromatic carbocycles. The van der Waals surface area contributed by atoms with Crippen LogP contribution in [0.5, 0.6) is 0 Å². The van der Waals surface area contributed by atoms with Crippen LogP contribution >= 0.6 is 0 Å². The molecule has 0 fully saturated rings. The first kappa shape index (κ1) is 9.30. The Labute approximate surface area is 73.6 Å². The van der Waals surface area contributed by atoms with Gasteiger partial charge in [-0.25, -0.2) is 0 Å². The Kier molecular flexibility index (Phi) is 2.55. The molecule has 2 nitrogen and oxygen atoms in total. The van der Waals surface area contributed by atoms with Crippen molar-refractivity contribution >= 4 is 5.97 Å². The normalized spacial score (nSPS) is 25.8. The van der Waals surface area contributed by atoms with E-state index in [0.29, 0.717) is 12.3 Å². The molecule has 0 aliphatic heterocycles. The fraction of sp³-hybridized carbons (Fsp3) is 0.700. The first-order chi connectivity index (χ1) is 5.53. The van der Waals surface area contributed by atoms with Gasteiger partial charge in [-0.2, -0.15) is 0 Å². The van der Waals surface area contributed by atoms with Crippen LogP contribution in [0.4, 0.5) is 0 Å². The van der Waals surface area contributed by atoms with Gasteiger partial charge in [0.1, 0.15) is 0 Å². The van der Waals surface area contributed by atoms with Gasteiger partial charge in [-0.15, -0.1) is 0 Å². The topological polar surface area (TPSA) is 26.3 Å². The van der Waals surface area contributed by atoms with Gasteiger partial charge in [0.2, 0.25) is 0 Å². The highest BCUT2D eigenvalue weighted by atomic mass is 16.5. The minimum Gasteiger partial charge on any atom is -0.469 e. The van der Waals surface area contributed by atoms with Gasteiger partial charge in [0.05, 0.1) is 13.5 Å². The van der Waals surface area contributed by atoms with Crippen LogP contribution in [0.25, 0.3) is 0 Å². The summed E-state index contributed by atoms with van der Waals surface area (Å²) >= 11 is 0. The van der Waals surface area contributed by atoms with Gasteiger partial charge in [-0.05, 0) is 17.8 Å². The van der Waals surface area contributed by atoms with E-state index in [0.717, 1.165) is 6.42 Å². The zero-order valence-electron chi connectivity index (χ0n) is 7.96. The first-order valence-electron chi connectivity index (χ1n) is 4.30. The fourth-order valence-corrected chi connectivity index (χ4v) is 1.65. The maximum Gasteiger partial charge on any atom is 0.306 e. The molecule has 1 atom stereocenters. The monoisotopic (exact) mass is 168 g/mol. The molecule has 68 valence electrons. The molecule has 0 N–H and O–H groups in total. The van der Waals surface area contributed by atoms with Crippen LogP contribution in [-0.4, -0.2) is 13.1 Å². The molecule has 0 aromatic heterocycles. The summed E-state index contributed by atoms with van der Waals surface area (Å²) < 4.78 is 4.61. The Morgan fingerprint density at radius 3 is 2.75 bits per heavy atom. The largest absolute Gasteiger partial charge is 0.469 e. The number of esters is 1. The molecule has 1 aliphatic carbocycles. The molecule has 0 saturated carbocycles. The second-order valence-electron chi connectivity index (χ2n) is 4.09. The Hall–Kier alpha value is -0.790. The van der Waals surface area contributed by atoms with Crippen LogP contribution < -0.4 is 0 Å². The number of allylic oxidation sites excluding steroid dienone is 2. The molecular weight excluding hydrogens is 152 g/mol. The lowest BCUT2D eigenvalue weighted by atomic mass is 9.89. The smallest absolute Gasteiger partial charge is 0.306 e. The van der Waals surface area contributed by atoms with E-state index in [4.69, 9.17) is 0 Å². The van der Waals surface area contributed by atoms with E-state index in [1.54, 1.807) is 0 Å². The average Bonchev–Trinajstić information content (AvgIpc) is 2.30. The molecule has 0 aromatic rings. The van der Waals surface area contributed by atoms with E-state index in [1.807, 2.05) is 0 Å². The molecule has 1 rings (SSSR count). The number of carbonyl (C=O) groups excluding carboxylic acids is 1. The maximum absolute atomic E-state index is 10.9. The van der Waals surface area contributed by atoms with Crippen LogP contribution in [0.2, 0.25) is 0 Å². The second kappa shape index (κ2) is 3.30. The van der Waals surface area contributed by atoms with E-state index < -0.39 is 0 Å². The van der Waals surface area contributed by atoms with Gasteiger partial charge in [0, 0.05) is 0 Å². The molecule has 0 radical (unpaired) electrons. The van der Waals surface area contributed by atoms with Gasteiger partial charge in [0.25, 0.3) is 0 Å². The number of methoxy groups -OCH3 is 1. The predicted molar refractivity (Wildman–Crippen MR) is 47.7 cm³/mol. The Balaban J connectivity index is 2.40. The van der Waals surface area contributed by atoms with E-state index in [2.05, 4.69) is 30.7 Å². The molecule has 12 heavy (non-hydrogen) atoms. The summed E-state index contributed by atoms with van der Waals surface area (Å²) in [5.41, 5.74) is 0.263. The molecule has 2 heteroatoms. The predicted octanol–water partition coefficient (Wildman–Crippen LogP) is 2.15. The third-order valence-corrected chi connectivity index (χ3v) is 2.26. The zero-order chi connectivity index (χ0) is 9.19. The molecular formula is C10H16O2. The summed E-state index contributed by atoms with van der Waals surface area (Å²) in [5.74, 6) is 0.273. The van der Waals surface area contributed by atoms with Crippen LogP contribution in [0, 0.1) is 11.3 Å². The lowest BCUT2D eigenvalue weighted by Crippen LogP contribution is -2.10. The number of carbonyl (C=O) groups is 1. The Bertz CT molecular complexity index is 204. The summed E-state index contributed by atoms with van der Waals surface area (Å²) in [5, 5.41) is 0. The average molecular weight is 168 g/mol. The summed E-state index contributed by atoms with van der Waals surface area (Å²) in [6.45, 7) is 4.36. The lowest BCUT2D eigenvalue weighted by molar-refractivity contribution is -0.141. The SMILES string of the molecule is COC(=O)CC1C=CC(C)(C)C1. The zero-order valence-corrected chi connectivity index (χ0v) is 7.96. The van der Waals surface area contributed by atoms with Crippen LogP contribution in [0.3, 0.4) is 0 Å². The molecule has 0 amide bonds. The second-order valence-corrected chi connectivity index (χ2v) is 4.09. The number of hydrogen-bond donors (Lipinski definition) is 0. The highest BCUT2D eigenvalue weighted by Gasteiger charge is 2.26. The van der Waals surface area contributed by atoms with Crippen molar-refractivity contribution in [2.24, 2.45) is 11.3 Å². The van der Waals surface area contributed by atoms with Crippen molar-refractivity contribution in [3.05, 3.63) is 12.2 Å². The Morgan fingerprint density at radius 2 is 2.33 bits per heavy atom. The van der Waals surface area contributed by atoms with Crippen molar-refractivity contribution < 1.29 is 9.53 Å². The maximum atomic E-state index is 10.9. The summed E-state index contributed by atoms with van der Waals surface area (Å²) in [6.07, 6.45) is 5.88. The Morgan fingerprint density at radius 1 is 1.67 bits per heavy atom. The van der Waals surface area contributed by atoms with Crippen LogP contribution in [0.1, 0.15) is 26.7 Å². The van der Waals surface area contributed by atoms with E-state index in [-0.39, 0.29) is 11.4 Å². The van der Waals surface area contributed by atoms with Crippen molar-refractivity contribution in [1.82, 2.24) is 0 Å². The van der Waals surface area contributed by atoms with Gasteiger partial charge in [0.15, 0.2) is 0 Å². The van der Waals surface area contributed by atoms with Crippen LogP contribution in [-0.2, 0) is 9.53 Å². The third kappa shape index (κ3) is 2.36. The molecule has 0 heterocycles. The highest BCUT2D eigenvalue weighted by Crippen LogP contribution is 2.35. The van der Waals surface area contributed by atoms with Crippen molar-refractivity contribution in [3.63, 3.8) is 0 Å². The molecule has 0 bridgehead atoms. The van der Waals surface area contributed by atoms with Crippen molar-refractivity contribution in [3.8, 4) is 0 Å². The van der Waals surface area contributed by atoms with Crippen molar-refractivity contribution in [2.75, 3.05) is 7.11 Å². The van der Waals surface area contributed by atoms with Gasteiger partial charge < -0.3 is 4.74 Å². The van der Waals surface area contributed by atoms with E-state index in [9.17, 15) is 4.79 Å². The van der Waals surface area contributed by atoms with Crippen molar-refractivity contribution in [1.29, 1.82) is 0 Å². The lowest BCUT2D eigenvalue weighted by Gasteiger charge is -2.16. The standard InChI is InChI=1S/C10H16O2/c1-10(2)5-4-8(7-10)6-9(11)12-3/h4-5,8H,6-7H2,1-3H3. The minimum absolute atomic E-state index is 0.109. The molecule has 0 saturated heterocycles. The van der Waals surface area contributed by atoms with Crippen molar-refractivity contribution in [2.45, 2.75) is 26.7 Å². The minimum atomic E-state index is -0.109. The van der Waals surface area contributed by atoms with Gasteiger partial charge in [-0.1, -0.05) is 26.0 Å². The number of rotatable bonds is 2. The van der Waals surface area contributed by atoms with Crippen LogP contribution in [0.15, 0.2) is 12.2 Å². The quantitative estimate of drug-likeness (QED) is 0.466.